The highest BCUT2D eigenvalue weighted by atomic mass is 35.5. The van der Waals surface area contributed by atoms with E-state index >= 15 is 0 Å². The molecule has 1 heterocycles. The van der Waals surface area contributed by atoms with Gasteiger partial charge in [0.1, 0.15) is 12.4 Å². The fourth-order valence-corrected chi connectivity index (χ4v) is 2.63. The van der Waals surface area contributed by atoms with E-state index in [4.69, 9.17) is 33.7 Å². The smallest absolute Gasteiger partial charge is 0.138 e. The summed E-state index contributed by atoms with van der Waals surface area (Å²) < 4.78 is 7.50. The van der Waals surface area contributed by atoms with Gasteiger partial charge in [0.2, 0.25) is 0 Å². The van der Waals surface area contributed by atoms with E-state index in [-0.39, 0.29) is 6.04 Å². The third kappa shape index (κ3) is 3.51. The van der Waals surface area contributed by atoms with E-state index < -0.39 is 0 Å². The Morgan fingerprint density at radius 3 is 2.62 bits per heavy atom. The molecular weight excluding hydrogens is 309 g/mol. The Labute approximate surface area is 134 Å². The lowest BCUT2D eigenvalue weighted by Crippen LogP contribution is -2.06. The van der Waals surface area contributed by atoms with E-state index in [0.29, 0.717) is 22.4 Å². The Hall–Kier alpha value is -1.23. The third-order valence-corrected chi connectivity index (χ3v) is 4.08. The number of hydrogen-bond donors (Lipinski definition) is 1. The topological polar surface area (TPSA) is 53.1 Å². The van der Waals surface area contributed by atoms with Crippen molar-refractivity contribution in [2.24, 2.45) is 12.8 Å². The van der Waals surface area contributed by atoms with E-state index in [2.05, 4.69) is 5.10 Å². The minimum atomic E-state index is -0.0600. The zero-order chi connectivity index (χ0) is 15.6. The Morgan fingerprint density at radius 1 is 1.38 bits per heavy atom. The molecule has 0 aliphatic heterocycles. The Kier molecular flexibility index (Phi) is 5.14. The van der Waals surface area contributed by atoms with Crippen LogP contribution in [-0.2, 0) is 20.1 Å². The maximum Gasteiger partial charge on any atom is 0.138 e. The van der Waals surface area contributed by atoms with Crippen molar-refractivity contribution in [1.82, 2.24) is 9.78 Å². The van der Waals surface area contributed by atoms with Crippen LogP contribution in [0.2, 0.25) is 10.0 Å². The van der Waals surface area contributed by atoms with Gasteiger partial charge in [0.05, 0.1) is 21.4 Å². The van der Waals surface area contributed by atoms with Crippen LogP contribution >= 0.6 is 23.2 Å². The van der Waals surface area contributed by atoms with Gasteiger partial charge in [-0.15, -0.1) is 0 Å². The van der Waals surface area contributed by atoms with E-state index in [1.807, 2.05) is 39.1 Å². The van der Waals surface area contributed by atoms with Gasteiger partial charge < -0.3 is 10.5 Å². The molecule has 1 unspecified atom stereocenters. The van der Waals surface area contributed by atoms with Crippen LogP contribution in [0.1, 0.15) is 36.8 Å². The summed E-state index contributed by atoms with van der Waals surface area (Å²) in [6.45, 7) is 4.25. The quantitative estimate of drug-likeness (QED) is 0.906. The predicted molar refractivity (Wildman–Crippen MR) is 86.0 cm³/mol. The van der Waals surface area contributed by atoms with E-state index in [1.165, 1.54) is 0 Å². The molecule has 1 aromatic heterocycles. The molecule has 2 aromatic rings. The van der Waals surface area contributed by atoms with Crippen LogP contribution in [-0.4, -0.2) is 9.78 Å². The molecule has 0 fully saturated rings. The van der Waals surface area contributed by atoms with Crippen molar-refractivity contribution in [3.05, 3.63) is 45.2 Å². The second-order valence-corrected chi connectivity index (χ2v) is 5.74. The summed E-state index contributed by atoms with van der Waals surface area (Å²) in [5.74, 6) is 0.608. The van der Waals surface area contributed by atoms with Gasteiger partial charge in [-0.05, 0) is 31.0 Å². The van der Waals surface area contributed by atoms with Crippen LogP contribution in [0.4, 0.5) is 0 Å². The molecule has 0 saturated carbocycles. The zero-order valence-electron chi connectivity index (χ0n) is 12.4. The summed E-state index contributed by atoms with van der Waals surface area (Å²) in [5.41, 5.74) is 8.50. The zero-order valence-corrected chi connectivity index (χ0v) is 13.9. The largest absolute Gasteiger partial charge is 0.486 e. The monoisotopic (exact) mass is 327 g/mol. The molecule has 0 radical (unpaired) electrons. The second kappa shape index (κ2) is 6.69. The van der Waals surface area contributed by atoms with E-state index in [9.17, 15) is 0 Å². The van der Waals surface area contributed by atoms with Gasteiger partial charge in [-0.2, -0.15) is 5.10 Å². The third-order valence-electron chi connectivity index (χ3n) is 3.35. The molecule has 1 atom stereocenters. The number of halogens is 2. The standard InChI is InChI=1S/C15H19Cl2N3O/c1-4-12-15(17)13(20(3)19-12)8-21-14-6-5-10(9(2)18)7-11(14)16/h5-7,9H,4,8,18H2,1-3H3. The molecule has 114 valence electrons. The molecule has 0 saturated heterocycles. The van der Waals surface area contributed by atoms with Crippen molar-refractivity contribution in [2.45, 2.75) is 32.9 Å². The van der Waals surface area contributed by atoms with Gasteiger partial charge in [0.25, 0.3) is 0 Å². The van der Waals surface area contributed by atoms with Crippen molar-refractivity contribution >= 4 is 23.2 Å². The average molecular weight is 328 g/mol. The molecule has 4 nitrogen and oxygen atoms in total. The number of nitrogens with zero attached hydrogens (tertiary/aromatic N) is 2. The first-order valence-electron chi connectivity index (χ1n) is 6.82. The lowest BCUT2D eigenvalue weighted by atomic mass is 10.1. The summed E-state index contributed by atoms with van der Waals surface area (Å²) >= 11 is 12.5. The SMILES string of the molecule is CCc1nn(C)c(COc2ccc(C(C)N)cc2Cl)c1Cl. The van der Waals surface area contributed by atoms with Gasteiger partial charge in [-0.3, -0.25) is 4.68 Å². The van der Waals surface area contributed by atoms with Crippen LogP contribution < -0.4 is 10.5 Å². The molecule has 2 N–H and O–H groups in total. The Morgan fingerprint density at radius 2 is 2.10 bits per heavy atom. The lowest BCUT2D eigenvalue weighted by Gasteiger charge is -2.11. The number of benzene rings is 1. The summed E-state index contributed by atoms with van der Waals surface area (Å²) in [4.78, 5) is 0. The van der Waals surface area contributed by atoms with E-state index in [0.717, 1.165) is 23.4 Å². The lowest BCUT2D eigenvalue weighted by molar-refractivity contribution is 0.295. The van der Waals surface area contributed by atoms with Crippen molar-refractivity contribution in [3.8, 4) is 5.75 Å². The molecule has 0 amide bonds. The van der Waals surface area contributed by atoms with Crippen LogP contribution in [0.15, 0.2) is 18.2 Å². The van der Waals surface area contributed by atoms with Crippen LogP contribution in [0, 0.1) is 0 Å². The fourth-order valence-electron chi connectivity index (χ4n) is 2.04. The summed E-state index contributed by atoms with van der Waals surface area (Å²) in [6.07, 6.45) is 0.788. The van der Waals surface area contributed by atoms with Crippen molar-refractivity contribution in [1.29, 1.82) is 0 Å². The summed E-state index contributed by atoms with van der Waals surface area (Å²) in [6, 6.07) is 5.50. The van der Waals surface area contributed by atoms with Crippen molar-refractivity contribution in [3.63, 3.8) is 0 Å². The number of hydrogen-bond acceptors (Lipinski definition) is 3. The Balaban J connectivity index is 2.15. The summed E-state index contributed by atoms with van der Waals surface area (Å²) in [7, 11) is 1.85. The van der Waals surface area contributed by atoms with Gasteiger partial charge >= 0.3 is 0 Å². The molecule has 6 heteroatoms. The molecule has 0 spiro atoms. The maximum atomic E-state index is 6.29. The van der Waals surface area contributed by atoms with Crippen molar-refractivity contribution < 1.29 is 4.74 Å². The first kappa shape index (κ1) is 16.1. The minimum Gasteiger partial charge on any atom is -0.486 e. The highest BCUT2D eigenvalue weighted by molar-refractivity contribution is 6.32. The number of rotatable bonds is 5. The molecule has 0 bridgehead atoms. The van der Waals surface area contributed by atoms with Crippen LogP contribution in [0.25, 0.3) is 0 Å². The second-order valence-electron chi connectivity index (χ2n) is 4.95. The van der Waals surface area contributed by atoms with Gasteiger partial charge in [0.15, 0.2) is 0 Å². The van der Waals surface area contributed by atoms with Crippen LogP contribution in [0.5, 0.6) is 5.75 Å². The number of ether oxygens (including phenoxy) is 1. The molecule has 0 aliphatic carbocycles. The van der Waals surface area contributed by atoms with Gasteiger partial charge in [-0.1, -0.05) is 36.2 Å². The average Bonchev–Trinajstić information content (AvgIpc) is 2.72. The molecule has 1 aromatic carbocycles. The van der Waals surface area contributed by atoms with Gasteiger partial charge in [0, 0.05) is 13.1 Å². The normalized spacial score (nSPS) is 12.5. The first-order valence-corrected chi connectivity index (χ1v) is 7.57. The molecule has 21 heavy (non-hydrogen) atoms. The number of aryl methyl sites for hydroxylation is 2. The van der Waals surface area contributed by atoms with Crippen molar-refractivity contribution in [2.75, 3.05) is 0 Å². The Bertz CT molecular complexity index is 638. The molecule has 2 rings (SSSR count). The number of nitrogens with two attached hydrogens (primary N) is 1. The van der Waals surface area contributed by atoms with Gasteiger partial charge in [-0.25, -0.2) is 0 Å². The molecule has 0 aliphatic rings. The predicted octanol–water partition coefficient (Wildman–Crippen LogP) is 3.89. The highest BCUT2D eigenvalue weighted by Crippen LogP contribution is 2.29. The van der Waals surface area contributed by atoms with E-state index in [1.54, 1.807) is 4.68 Å². The minimum absolute atomic E-state index is 0.0600. The maximum absolute atomic E-state index is 6.29. The number of aromatic nitrogens is 2. The molecular formula is C15H19Cl2N3O. The first-order chi connectivity index (χ1) is 9.93. The summed E-state index contributed by atoms with van der Waals surface area (Å²) in [5, 5.41) is 5.55. The fraction of sp³-hybridized carbons (Fsp3) is 0.400. The highest BCUT2D eigenvalue weighted by Gasteiger charge is 2.14. The van der Waals surface area contributed by atoms with Crippen LogP contribution in [0.3, 0.4) is 0 Å².